The van der Waals surface area contributed by atoms with E-state index < -0.39 is 0 Å². The van der Waals surface area contributed by atoms with Crippen molar-refractivity contribution in [3.63, 3.8) is 0 Å². The van der Waals surface area contributed by atoms with Gasteiger partial charge in [-0.15, -0.1) is 0 Å². The number of nitrogens with zero attached hydrogens (tertiary/aromatic N) is 3. The summed E-state index contributed by atoms with van der Waals surface area (Å²) in [4.78, 5) is 11.4. The summed E-state index contributed by atoms with van der Waals surface area (Å²) in [5.41, 5.74) is 1.14. The van der Waals surface area contributed by atoms with Gasteiger partial charge >= 0.3 is 5.69 Å². The van der Waals surface area contributed by atoms with Crippen molar-refractivity contribution in [2.75, 3.05) is 6.54 Å². The number of aromatic nitrogens is 4. The molecule has 0 bridgehead atoms. The van der Waals surface area contributed by atoms with Crippen LogP contribution in [0.25, 0.3) is 5.65 Å². The van der Waals surface area contributed by atoms with Gasteiger partial charge in [0, 0.05) is 12.5 Å². The normalized spacial score (nSPS) is 13.1. The number of rotatable bonds is 5. The number of H-pyrrole nitrogens is 1. The fraction of sp³-hybridized carbons (Fsp3) is 0.545. The van der Waals surface area contributed by atoms with Crippen molar-refractivity contribution in [1.82, 2.24) is 25.1 Å². The monoisotopic (exact) mass is 235 g/mol. The zero-order valence-electron chi connectivity index (χ0n) is 10.1. The minimum absolute atomic E-state index is 0.295. The fourth-order valence-electron chi connectivity index (χ4n) is 1.73. The Morgan fingerprint density at radius 3 is 3.12 bits per heavy atom. The van der Waals surface area contributed by atoms with Crippen LogP contribution in [0.5, 0.6) is 0 Å². The number of hydrogen-bond acceptors (Lipinski definition) is 4. The molecule has 2 heterocycles. The van der Waals surface area contributed by atoms with E-state index in [0.717, 1.165) is 25.1 Å². The Balaban J connectivity index is 2.13. The summed E-state index contributed by atoms with van der Waals surface area (Å²) >= 11 is 0. The molecule has 6 heteroatoms. The second-order valence-corrected chi connectivity index (χ2v) is 4.18. The van der Waals surface area contributed by atoms with Gasteiger partial charge in [0.2, 0.25) is 0 Å². The first-order valence-electron chi connectivity index (χ1n) is 5.87. The van der Waals surface area contributed by atoms with Crippen LogP contribution in [-0.2, 0) is 6.42 Å². The summed E-state index contributed by atoms with van der Waals surface area (Å²) in [6.07, 6.45) is 1.91. The van der Waals surface area contributed by atoms with Crippen LogP contribution in [0.1, 0.15) is 26.0 Å². The molecule has 0 spiro atoms. The quantitative estimate of drug-likeness (QED) is 0.784. The smallest absolute Gasteiger partial charge is 0.314 e. The van der Waals surface area contributed by atoms with Crippen molar-refractivity contribution in [1.29, 1.82) is 0 Å². The Morgan fingerprint density at radius 1 is 1.53 bits per heavy atom. The molecule has 0 fully saturated rings. The topological polar surface area (TPSA) is 75.1 Å². The second kappa shape index (κ2) is 5.09. The Hall–Kier alpha value is -1.69. The molecule has 92 valence electrons. The van der Waals surface area contributed by atoms with E-state index in [1.807, 2.05) is 6.07 Å². The van der Waals surface area contributed by atoms with E-state index >= 15 is 0 Å². The highest BCUT2D eigenvalue weighted by Gasteiger charge is 2.06. The third-order valence-electron chi connectivity index (χ3n) is 2.59. The van der Waals surface area contributed by atoms with E-state index in [4.69, 9.17) is 0 Å². The molecule has 0 aliphatic rings. The van der Waals surface area contributed by atoms with E-state index in [2.05, 4.69) is 34.5 Å². The molecule has 2 rings (SSSR count). The van der Waals surface area contributed by atoms with Crippen molar-refractivity contribution in [3.05, 3.63) is 28.3 Å². The average molecular weight is 235 g/mol. The van der Waals surface area contributed by atoms with Gasteiger partial charge in [-0.25, -0.2) is 9.89 Å². The summed E-state index contributed by atoms with van der Waals surface area (Å²) < 4.78 is 1.29. The maximum atomic E-state index is 11.4. The summed E-state index contributed by atoms with van der Waals surface area (Å²) in [6, 6.07) is 4.05. The van der Waals surface area contributed by atoms with Gasteiger partial charge in [-0.3, -0.25) is 0 Å². The van der Waals surface area contributed by atoms with E-state index in [1.54, 1.807) is 6.07 Å². The standard InChI is InChI=1S/C11H17N5O/c1-3-6-12-8(2)7-9-4-5-10-13-14-11(17)16(10)15-9/h4-5,8,12H,3,6-7H2,1-2H3,(H,14,17). The third kappa shape index (κ3) is 2.71. The summed E-state index contributed by atoms with van der Waals surface area (Å²) in [6.45, 7) is 5.24. The number of nitrogens with one attached hydrogen (secondary N) is 2. The number of aromatic amines is 1. The lowest BCUT2D eigenvalue weighted by Gasteiger charge is -2.12. The van der Waals surface area contributed by atoms with Gasteiger partial charge in [0.25, 0.3) is 0 Å². The molecular formula is C11H17N5O. The largest absolute Gasteiger partial charge is 0.364 e. The van der Waals surface area contributed by atoms with E-state index in [0.29, 0.717) is 11.7 Å². The molecule has 0 amide bonds. The van der Waals surface area contributed by atoms with Crippen LogP contribution in [0, 0.1) is 0 Å². The molecule has 0 saturated heterocycles. The van der Waals surface area contributed by atoms with Crippen LogP contribution >= 0.6 is 0 Å². The Bertz CT molecular complexity index is 544. The van der Waals surface area contributed by atoms with Crippen molar-refractivity contribution < 1.29 is 0 Å². The van der Waals surface area contributed by atoms with Gasteiger partial charge < -0.3 is 5.32 Å². The Kier molecular flexibility index (Phi) is 3.53. The molecule has 2 aromatic rings. The molecule has 1 unspecified atom stereocenters. The first kappa shape index (κ1) is 11.8. The lowest BCUT2D eigenvalue weighted by atomic mass is 10.2. The van der Waals surface area contributed by atoms with Crippen molar-refractivity contribution in [3.8, 4) is 0 Å². The van der Waals surface area contributed by atoms with Crippen molar-refractivity contribution in [2.24, 2.45) is 0 Å². The SMILES string of the molecule is CCCNC(C)Cc1ccc2n[nH]c(=O)n2n1. The lowest BCUT2D eigenvalue weighted by molar-refractivity contribution is 0.535. The van der Waals surface area contributed by atoms with Gasteiger partial charge in [0.15, 0.2) is 5.65 Å². The highest BCUT2D eigenvalue weighted by Crippen LogP contribution is 2.01. The van der Waals surface area contributed by atoms with E-state index in [9.17, 15) is 4.79 Å². The predicted octanol–water partition coefficient (Wildman–Crippen LogP) is 0.348. The van der Waals surface area contributed by atoms with Gasteiger partial charge in [-0.1, -0.05) is 6.92 Å². The van der Waals surface area contributed by atoms with Crippen LogP contribution in [-0.4, -0.2) is 32.4 Å². The molecule has 17 heavy (non-hydrogen) atoms. The second-order valence-electron chi connectivity index (χ2n) is 4.18. The minimum Gasteiger partial charge on any atom is -0.314 e. The van der Waals surface area contributed by atoms with E-state index in [1.165, 1.54) is 4.52 Å². The fourth-order valence-corrected chi connectivity index (χ4v) is 1.73. The molecule has 0 aliphatic carbocycles. The van der Waals surface area contributed by atoms with Crippen molar-refractivity contribution in [2.45, 2.75) is 32.7 Å². The van der Waals surface area contributed by atoms with Gasteiger partial charge in [-0.05, 0) is 32.0 Å². The average Bonchev–Trinajstić information content (AvgIpc) is 2.68. The molecule has 6 nitrogen and oxygen atoms in total. The highest BCUT2D eigenvalue weighted by molar-refractivity contribution is 5.34. The first-order valence-corrected chi connectivity index (χ1v) is 5.87. The maximum absolute atomic E-state index is 11.4. The molecular weight excluding hydrogens is 218 g/mol. The van der Waals surface area contributed by atoms with Crippen LogP contribution in [0.15, 0.2) is 16.9 Å². The predicted molar refractivity (Wildman–Crippen MR) is 65.1 cm³/mol. The van der Waals surface area contributed by atoms with E-state index in [-0.39, 0.29) is 5.69 Å². The zero-order chi connectivity index (χ0) is 12.3. The van der Waals surface area contributed by atoms with Crippen LogP contribution < -0.4 is 11.0 Å². The third-order valence-corrected chi connectivity index (χ3v) is 2.59. The van der Waals surface area contributed by atoms with Crippen LogP contribution in [0.3, 0.4) is 0 Å². The first-order chi connectivity index (χ1) is 8.20. The van der Waals surface area contributed by atoms with Crippen LogP contribution in [0.2, 0.25) is 0 Å². The number of fused-ring (bicyclic) bond motifs is 1. The summed E-state index contributed by atoms with van der Waals surface area (Å²) in [5, 5.41) is 13.8. The lowest BCUT2D eigenvalue weighted by Crippen LogP contribution is -2.29. The van der Waals surface area contributed by atoms with Crippen LogP contribution in [0.4, 0.5) is 0 Å². The molecule has 0 saturated carbocycles. The minimum atomic E-state index is -0.295. The molecule has 0 radical (unpaired) electrons. The summed E-state index contributed by atoms with van der Waals surface area (Å²) in [5.74, 6) is 0. The highest BCUT2D eigenvalue weighted by atomic mass is 16.2. The molecule has 2 N–H and O–H groups in total. The van der Waals surface area contributed by atoms with Gasteiger partial charge in [-0.2, -0.15) is 14.7 Å². The van der Waals surface area contributed by atoms with Gasteiger partial charge in [0.05, 0.1) is 5.69 Å². The maximum Gasteiger partial charge on any atom is 0.364 e. The Labute approximate surface area is 99.0 Å². The van der Waals surface area contributed by atoms with Gasteiger partial charge in [0.1, 0.15) is 0 Å². The van der Waals surface area contributed by atoms with Crippen molar-refractivity contribution >= 4 is 5.65 Å². The molecule has 0 aromatic carbocycles. The molecule has 0 aliphatic heterocycles. The molecule has 2 aromatic heterocycles. The molecule has 1 atom stereocenters. The number of hydrogen-bond donors (Lipinski definition) is 2. The Morgan fingerprint density at radius 2 is 2.35 bits per heavy atom. The summed E-state index contributed by atoms with van der Waals surface area (Å²) in [7, 11) is 0. The zero-order valence-corrected chi connectivity index (χ0v) is 10.1.